The first-order valence-electron chi connectivity index (χ1n) is 5.39. The summed E-state index contributed by atoms with van der Waals surface area (Å²) in [5.74, 6) is 0.633. The number of benzene rings is 1. The van der Waals surface area contributed by atoms with Crippen LogP contribution in [0.25, 0.3) is 0 Å². The first-order valence-corrected chi connectivity index (χ1v) is 6.18. The van der Waals surface area contributed by atoms with Gasteiger partial charge in [0.25, 0.3) is 5.91 Å². The van der Waals surface area contributed by atoms with Gasteiger partial charge in [-0.25, -0.2) is 9.97 Å². The van der Waals surface area contributed by atoms with Crippen LogP contribution in [0, 0.1) is 0 Å². The van der Waals surface area contributed by atoms with Crippen LogP contribution < -0.4 is 15.8 Å². The molecule has 3 N–H and O–H groups in total. The number of carbonyl (C=O) groups excluding carboxylic acids is 1. The summed E-state index contributed by atoms with van der Waals surface area (Å²) < 4.78 is 5.89. The minimum atomic E-state index is -0.312. The molecule has 0 atom stereocenters. The van der Waals surface area contributed by atoms with E-state index >= 15 is 0 Å². The van der Waals surface area contributed by atoms with Gasteiger partial charge in [-0.3, -0.25) is 4.79 Å². The lowest BCUT2D eigenvalue weighted by Gasteiger charge is -2.06. The number of hydrogen-bond donors (Lipinski definition) is 2. The molecule has 0 radical (unpaired) electrons. The van der Waals surface area contributed by atoms with E-state index in [2.05, 4.69) is 31.2 Å². The normalized spacial score (nSPS) is 9.95. The van der Waals surface area contributed by atoms with Gasteiger partial charge in [-0.05, 0) is 40.2 Å². The number of nitrogens with zero attached hydrogens (tertiary/aromatic N) is 2. The third kappa shape index (κ3) is 4.22. The van der Waals surface area contributed by atoms with Gasteiger partial charge in [0.2, 0.25) is 0 Å². The maximum Gasteiger partial charge on any atom is 0.263 e. The second-order valence-electron chi connectivity index (χ2n) is 3.63. The standard InChI is InChI=1S/C12H11BrN4O2/c13-10-5-16-11(6-15-10)17-12(18)7-19-9-3-1-8(14)2-4-9/h1-6H,7,14H2,(H,16,17,18). The first kappa shape index (κ1) is 13.3. The van der Waals surface area contributed by atoms with Crippen LogP contribution in [0.15, 0.2) is 41.3 Å². The summed E-state index contributed by atoms with van der Waals surface area (Å²) in [5.41, 5.74) is 6.18. The van der Waals surface area contributed by atoms with Crippen LogP contribution in [0.2, 0.25) is 0 Å². The predicted octanol–water partition coefficient (Wildman–Crippen LogP) is 1.84. The number of ether oxygens (including phenoxy) is 1. The Morgan fingerprint density at radius 2 is 2.00 bits per heavy atom. The quantitative estimate of drug-likeness (QED) is 0.838. The lowest BCUT2D eigenvalue weighted by molar-refractivity contribution is -0.118. The zero-order valence-corrected chi connectivity index (χ0v) is 11.4. The minimum Gasteiger partial charge on any atom is -0.484 e. The highest BCUT2D eigenvalue weighted by molar-refractivity contribution is 9.10. The number of nitrogens with two attached hydrogens (primary N) is 1. The second kappa shape index (κ2) is 6.14. The molecule has 1 aromatic heterocycles. The lowest BCUT2D eigenvalue weighted by atomic mass is 10.3. The van der Waals surface area contributed by atoms with Crippen LogP contribution in [0.4, 0.5) is 11.5 Å². The summed E-state index contributed by atoms with van der Waals surface area (Å²) in [7, 11) is 0. The molecule has 0 unspecified atom stereocenters. The highest BCUT2D eigenvalue weighted by atomic mass is 79.9. The molecule has 2 rings (SSSR count). The molecule has 0 saturated carbocycles. The third-order valence-corrected chi connectivity index (χ3v) is 2.55. The maximum atomic E-state index is 11.6. The van der Waals surface area contributed by atoms with Crippen molar-refractivity contribution in [2.45, 2.75) is 0 Å². The SMILES string of the molecule is Nc1ccc(OCC(=O)Nc2cnc(Br)cn2)cc1. The molecule has 1 heterocycles. The molecule has 1 aromatic carbocycles. The van der Waals surface area contributed by atoms with Gasteiger partial charge in [-0.1, -0.05) is 0 Å². The lowest BCUT2D eigenvalue weighted by Crippen LogP contribution is -2.20. The molecule has 0 aliphatic rings. The largest absolute Gasteiger partial charge is 0.484 e. The number of aromatic nitrogens is 2. The molecular formula is C12H11BrN4O2. The molecule has 7 heteroatoms. The molecular weight excluding hydrogens is 312 g/mol. The average Bonchev–Trinajstić information content (AvgIpc) is 2.41. The van der Waals surface area contributed by atoms with E-state index in [1.165, 1.54) is 12.4 Å². The fourth-order valence-corrected chi connectivity index (χ4v) is 1.47. The Morgan fingerprint density at radius 3 is 2.63 bits per heavy atom. The summed E-state index contributed by atoms with van der Waals surface area (Å²) in [4.78, 5) is 19.5. The van der Waals surface area contributed by atoms with E-state index in [0.717, 1.165) is 0 Å². The van der Waals surface area contributed by atoms with Gasteiger partial charge >= 0.3 is 0 Å². The van der Waals surface area contributed by atoms with E-state index in [1.54, 1.807) is 24.3 Å². The minimum absolute atomic E-state index is 0.109. The molecule has 1 amide bonds. The molecule has 6 nitrogen and oxygen atoms in total. The van der Waals surface area contributed by atoms with Crippen LogP contribution in [0.5, 0.6) is 5.75 Å². The van der Waals surface area contributed by atoms with Gasteiger partial charge < -0.3 is 15.8 Å². The molecule has 98 valence electrons. The van der Waals surface area contributed by atoms with E-state index in [4.69, 9.17) is 10.5 Å². The summed E-state index contributed by atoms with van der Waals surface area (Å²) in [6, 6.07) is 6.80. The van der Waals surface area contributed by atoms with Crippen molar-refractivity contribution in [1.29, 1.82) is 0 Å². The Morgan fingerprint density at radius 1 is 1.26 bits per heavy atom. The van der Waals surface area contributed by atoms with Crippen molar-refractivity contribution < 1.29 is 9.53 Å². The van der Waals surface area contributed by atoms with Crippen molar-refractivity contribution in [2.24, 2.45) is 0 Å². The fraction of sp³-hybridized carbons (Fsp3) is 0.0833. The molecule has 0 fully saturated rings. The Balaban J connectivity index is 1.84. The van der Waals surface area contributed by atoms with Gasteiger partial charge in [0.1, 0.15) is 10.4 Å². The number of amides is 1. The number of halogens is 1. The van der Waals surface area contributed by atoms with Gasteiger partial charge in [0.05, 0.1) is 12.4 Å². The van der Waals surface area contributed by atoms with E-state index in [0.29, 0.717) is 21.9 Å². The molecule has 0 spiro atoms. The number of hydrogen-bond acceptors (Lipinski definition) is 5. The van der Waals surface area contributed by atoms with Crippen molar-refractivity contribution in [3.8, 4) is 5.75 Å². The maximum absolute atomic E-state index is 11.6. The van der Waals surface area contributed by atoms with E-state index in [9.17, 15) is 4.79 Å². The molecule has 0 aliphatic heterocycles. The van der Waals surface area contributed by atoms with Crippen LogP contribution in [0.3, 0.4) is 0 Å². The van der Waals surface area contributed by atoms with E-state index in [1.807, 2.05) is 0 Å². The molecule has 0 saturated heterocycles. The van der Waals surface area contributed by atoms with E-state index < -0.39 is 0 Å². The predicted molar refractivity (Wildman–Crippen MR) is 74.7 cm³/mol. The monoisotopic (exact) mass is 322 g/mol. The topological polar surface area (TPSA) is 90.1 Å². The first-order chi connectivity index (χ1) is 9.13. The summed E-state index contributed by atoms with van der Waals surface area (Å²) >= 11 is 3.16. The smallest absolute Gasteiger partial charge is 0.263 e. The highest BCUT2D eigenvalue weighted by Gasteiger charge is 2.04. The summed E-state index contributed by atoms with van der Waals surface area (Å²) in [6.07, 6.45) is 2.95. The van der Waals surface area contributed by atoms with Crippen molar-refractivity contribution >= 4 is 33.3 Å². The Labute approximate surface area is 118 Å². The molecule has 19 heavy (non-hydrogen) atoms. The third-order valence-electron chi connectivity index (χ3n) is 2.14. The van der Waals surface area contributed by atoms with E-state index in [-0.39, 0.29) is 12.5 Å². The van der Waals surface area contributed by atoms with Crippen LogP contribution in [-0.4, -0.2) is 22.5 Å². The Hall–Kier alpha value is -2.15. The number of carbonyl (C=O) groups is 1. The van der Waals surface area contributed by atoms with Crippen molar-refractivity contribution in [3.63, 3.8) is 0 Å². The zero-order chi connectivity index (χ0) is 13.7. The Bertz CT molecular complexity index is 557. The van der Waals surface area contributed by atoms with Crippen molar-refractivity contribution in [3.05, 3.63) is 41.3 Å². The van der Waals surface area contributed by atoms with Gasteiger partial charge in [-0.2, -0.15) is 0 Å². The fourth-order valence-electron chi connectivity index (χ4n) is 1.27. The molecule has 0 aliphatic carbocycles. The zero-order valence-electron chi connectivity index (χ0n) is 9.84. The van der Waals surface area contributed by atoms with Gasteiger partial charge in [0.15, 0.2) is 12.4 Å². The summed E-state index contributed by atoms with van der Waals surface area (Å²) in [6.45, 7) is -0.109. The van der Waals surface area contributed by atoms with Crippen molar-refractivity contribution in [2.75, 3.05) is 17.7 Å². The van der Waals surface area contributed by atoms with Gasteiger partial charge in [0, 0.05) is 5.69 Å². The van der Waals surface area contributed by atoms with Crippen LogP contribution >= 0.6 is 15.9 Å². The number of nitrogen functional groups attached to an aromatic ring is 1. The molecule has 0 bridgehead atoms. The number of nitrogens with one attached hydrogen (secondary N) is 1. The molecule has 2 aromatic rings. The highest BCUT2D eigenvalue weighted by Crippen LogP contribution is 2.13. The second-order valence-corrected chi connectivity index (χ2v) is 4.44. The average molecular weight is 323 g/mol. The van der Waals surface area contributed by atoms with Crippen molar-refractivity contribution in [1.82, 2.24) is 9.97 Å². The van der Waals surface area contributed by atoms with Gasteiger partial charge in [-0.15, -0.1) is 0 Å². The van der Waals surface area contributed by atoms with Crippen LogP contribution in [-0.2, 0) is 4.79 Å². The number of anilines is 2. The number of rotatable bonds is 4. The summed E-state index contributed by atoms with van der Waals surface area (Å²) in [5, 5.41) is 2.57. The van der Waals surface area contributed by atoms with Crippen LogP contribution in [0.1, 0.15) is 0 Å². The Kier molecular flexibility index (Phi) is 4.30.